The Morgan fingerprint density at radius 3 is 2.86 bits per heavy atom. The molecule has 2 unspecified atom stereocenters. The number of anilines is 1. The molecule has 0 aliphatic heterocycles. The molecule has 0 saturated carbocycles. The summed E-state index contributed by atoms with van der Waals surface area (Å²) in [5.41, 5.74) is 0. The molecule has 0 aromatic carbocycles. The van der Waals surface area contributed by atoms with Crippen LogP contribution < -0.4 is 10.2 Å². The minimum Gasteiger partial charge on any atom is -0.348 e. The monoisotopic (exact) mass is 323 g/mol. The maximum atomic E-state index is 4.60. The fourth-order valence-electron chi connectivity index (χ4n) is 2.15. The fourth-order valence-corrected chi connectivity index (χ4v) is 3.98. The Morgan fingerprint density at radius 1 is 1.38 bits per heavy atom. The van der Waals surface area contributed by atoms with Gasteiger partial charge in [-0.2, -0.15) is 0 Å². The predicted octanol–water partition coefficient (Wildman–Crippen LogP) is 4.33. The van der Waals surface area contributed by atoms with Crippen molar-refractivity contribution >= 4 is 27.8 Å². The topological polar surface area (TPSA) is 28.2 Å². The highest BCUT2D eigenvalue weighted by atomic mass is 32.1. The van der Waals surface area contributed by atoms with Crippen LogP contribution in [0.4, 0.5) is 5.13 Å². The summed E-state index contributed by atoms with van der Waals surface area (Å²) in [4.78, 5) is 9.64. The van der Waals surface area contributed by atoms with Crippen LogP contribution in [0.2, 0.25) is 0 Å². The Bertz CT molecular complexity index is 521. The summed E-state index contributed by atoms with van der Waals surface area (Å²) >= 11 is 3.63. The lowest BCUT2D eigenvalue weighted by atomic mass is 10.2. The first-order valence-electron chi connectivity index (χ1n) is 7.56. The van der Waals surface area contributed by atoms with Crippen molar-refractivity contribution in [3.8, 4) is 0 Å². The van der Waals surface area contributed by atoms with Gasteiger partial charge < -0.3 is 10.2 Å². The maximum Gasteiger partial charge on any atom is 0.185 e. The summed E-state index contributed by atoms with van der Waals surface area (Å²) in [6.45, 7) is 7.72. The van der Waals surface area contributed by atoms with Crippen LogP contribution in [0.25, 0.3) is 0 Å². The van der Waals surface area contributed by atoms with Gasteiger partial charge in [-0.05, 0) is 38.3 Å². The van der Waals surface area contributed by atoms with Crippen LogP contribution in [-0.2, 0) is 6.42 Å². The average Bonchev–Trinajstić information content (AvgIpc) is 3.14. The average molecular weight is 324 g/mol. The third-order valence-corrected chi connectivity index (χ3v) is 5.85. The molecule has 0 spiro atoms. The van der Waals surface area contributed by atoms with Crippen molar-refractivity contribution in [1.82, 2.24) is 10.3 Å². The number of hydrogen-bond donors (Lipinski definition) is 1. The van der Waals surface area contributed by atoms with Crippen molar-refractivity contribution < 1.29 is 0 Å². The van der Waals surface area contributed by atoms with E-state index >= 15 is 0 Å². The van der Waals surface area contributed by atoms with Crippen LogP contribution in [0.3, 0.4) is 0 Å². The Labute approximate surface area is 136 Å². The van der Waals surface area contributed by atoms with E-state index in [1.165, 1.54) is 9.75 Å². The van der Waals surface area contributed by atoms with E-state index in [0.717, 1.165) is 24.5 Å². The van der Waals surface area contributed by atoms with Gasteiger partial charge in [-0.3, -0.25) is 0 Å². The fraction of sp³-hybridized carbons (Fsp3) is 0.562. The van der Waals surface area contributed by atoms with E-state index in [2.05, 4.69) is 60.5 Å². The SMILES string of the molecule is CCCNC(C)c1cnc(N(C)C(C)Cc2cccs2)s1. The Morgan fingerprint density at radius 2 is 2.19 bits per heavy atom. The molecule has 0 fully saturated rings. The van der Waals surface area contributed by atoms with E-state index in [1.807, 2.05) is 17.5 Å². The molecule has 1 N–H and O–H groups in total. The molecule has 0 amide bonds. The molecule has 2 aromatic rings. The number of hydrogen-bond acceptors (Lipinski definition) is 5. The molecule has 2 rings (SSSR count). The zero-order chi connectivity index (χ0) is 15.2. The van der Waals surface area contributed by atoms with E-state index in [0.29, 0.717) is 12.1 Å². The van der Waals surface area contributed by atoms with E-state index in [4.69, 9.17) is 0 Å². The smallest absolute Gasteiger partial charge is 0.185 e. The first-order chi connectivity index (χ1) is 10.1. The first-order valence-corrected chi connectivity index (χ1v) is 9.25. The summed E-state index contributed by atoms with van der Waals surface area (Å²) in [6, 6.07) is 5.17. The summed E-state index contributed by atoms with van der Waals surface area (Å²) in [5, 5.41) is 6.77. The van der Waals surface area contributed by atoms with Crippen molar-refractivity contribution in [2.24, 2.45) is 0 Å². The summed E-state index contributed by atoms with van der Waals surface area (Å²) in [5.74, 6) is 0. The molecule has 0 aliphatic rings. The lowest BCUT2D eigenvalue weighted by Crippen LogP contribution is -2.30. The van der Waals surface area contributed by atoms with Crippen LogP contribution in [-0.4, -0.2) is 24.6 Å². The zero-order valence-electron chi connectivity index (χ0n) is 13.3. The van der Waals surface area contributed by atoms with Gasteiger partial charge in [-0.1, -0.05) is 13.0 Å². The lowest BCUT2D eigenvalue weighted by molar-refractivity contribution is 0.577. The second kappa shape index (κ2) is 7.92. The van der Waals surface area contributed by atoms with Crippen molar-refractivity contribution in [3.05, 3.63) is 33.5 Å². The standard InChI is InChI=1S/C16H25N3S2/c1-5-8-17-13(3)15-11-18-16(21-15)19(4)12(2)10-14-7-6-9-20-14/h6-7,9,11-13,17H,5,8,10H2,1-4H3. The molecule has 0 saturated heterocycles. The molecule has 0 bridgehead atoms. The highest BCUT2D eigenvalue weighted by Crippen LogP contribution is 2.28. The number of nitrogens with one attached hydrogen (secondary N) is 1. The maximum absolute atomic E-state index is 4.60. The van der Waals surface area contributed by atoms with E-state index in [-0.39, 0.29) is 0 Å². The Balaban J connectivity index is 1.96. The molecule has 0 radical (unpaired) electrons. The van der Waals surface area contributed by atoms with E-state index in [1.54, 1.807) is 11.3 Å². The molecular weight excluding hydrogens is 298 g/mol. The largest absolute Gasteiger partial charge is 0.348 e. The third kappa shape index (κ3) is 4.53. The molecule has 2 aromatic heterocycles. The van der Waals surface area contributed by atoms with Crippen LogP contribution in [0.15, 0.2) is 23.7 Å². The van der Waals surface area contributed by atoms with Gasteiger partial charge in [-0.25, -0.2) is 4.98 Å². The van der Waals surface area contributed by atoms with Crippen molar-refractivity contribution in [1.29, 1.82) is 0 Å². The van der Waals surface area contributed by atoms with Gasteiger partial charge in [0.1, 0.15) is 0 Å². The van der Waals surface area contributed by atoms with E-state index in [9.17, 15) is 0 Å². The second-order valence-electron chi connectivity index (χ2n) is 5.46. The molecular formula is C16H25N3S2. The minimum absolute atomic E-state index is 0.386. The van der Waals surface area contributed by atoms with Crippen molar-refractivity contribution in [2.45, 2.75) is 45.7 Å². The lowest BCUT2D eigenvalue weighted by Gasteiger charge is -2.23. The third-order valence-electron chi connectivity index (χ3n) is 3.68. The highest BCUT2D eigenvalue weighted by Gasteiger charge is 2.16. The molecule has 5 heteroatoms. The number of nitrogens with zero attached hydrogens (tertiary/aromatic N) is 2. The minimum atomic E-state index is 0.386. The van der Waals surface area contributed by atoms with Crippen molar-refractivity contribution in [3.63, 3.8) is 0 Å². The summed E-state index contributed by atoms with van der Waals surface area (Å²) in [7, 11) is 2.14. The molecule has 2 atom stereocenters. The number of aromatic nitrogens is 1. The molecule has 0 aliphatic carbocycles. The molecule has 116 valence electrons. The van der Waals surface area contributed by atoms with Gasteiger partial charge >= 0.3 is 0 Å². The molecule has 21 heavy (non-hydrogen) atoms. The quantitative estimate of drug-likeness (QED) is 0.783. The van der Waals surface area contributed by atoms with Crippen LogP contribution >= 0.6 is 22.7 Å². The molecule has 2 heterocycles. The number of thiazole rings is 1. The van der Waals surface area contributed by atoms with Crippen LogP contribution in [0.1, 0.15) is 43.0 Å². The van der Waals surface area contributed by atoms with Gasteiger partial charge in [0.15, 0.2) is 5.13 Å². The predicted molar refractivity (Wildman–Crippen MR) is 94.7 cm³/mol. The molecule has 3 nitrogen and oxygen atoms in total. The summed E-state index contributed by atoms with van der Waals surface area (Å²) < 4.78 is 0. The van der Waals surface area contributed by atoms with Gasteiger partial charge in [0.2, 0.25) is 0 Å². The zero-order valence-corrected chi connectivity index (χ0v) is 14.9. The number of thiophene rings is 1. The Hall–Kier alpha value is -0.910. The normalized spacial score (nSPS) is 14.1. The van der Waals surface area contributed by atoms with Crippen LogP contribution in [0, 0.1) is 0 Å². The van der Waals surface area contributed by atoms with Gasteiger partial charge in [0.05, 0.1) is 0 Å². The highest BCUT2D eigenvalue weighted by molar-refractivity contribution is 7.15. The number of rotatable bonds is 8. The first kappa shape index (κ1) is 16.5. The van der Waals surface area contributed by atoms with Gasteiger partial charge in [0.25, 0.3) is 0 Å². The second-order valence-corrected chi connectivity index (χ2v) is 7.54. The van der Waals surface area contributed by atoms with E-state index < -0.39 is 0 Å². The van der Waals surface area contributed by atoms with Crippen molar-refractivity contribution in [2.75, 3.05) is 18.5 Å². The van der Waals surface area contributed by atoms with Crippen LogP contribution in [0.5, 0.6) is 0 Å². The Kier molecular flexibility index (Phi) is 6.21. The van der Waals surface area contributed by atoms with Gasteiger partial charge in [-0.15, -0.1) is 22.7 Å². The van der Waals surface area contributed by atoms with Gasteiger partial charge in [0, 0.05) is 41.5 Å². The summed E-state index contributed by atoms with van der Waals surface area (Å²) in [6.07, 6.45) is 4.25. The number of likely N-dealkylation sites (N-methyl/N-ethyl adjacent to an activating group) is 1.